The van der Waals surface area contributed by atoms with E-state index >= 15 is 0 Å². The van der Waals surface area contributed by atoms with E-state index in [1.165, 1.54) is 10.5 Å². The maximum absolute atomic E-state index is 12.6. The molecular weight excluding hydrogens is 340 g/mol. The predicted octanol–water partition coefficient (Wildman–Crippen LogP) is 2.88. The second kappa shape index (κ2) is 7.74. The third-order valence-electron chi connectivity index (χ3n) is 5.02. The van der Waals surface area contributed by atoms with Crippen LogP contribution in [0.3, 0.4) is 0 Å². The van der Waals surface area contributed by atoms with Crippen LogP contribution in [0.2, 0.25) is 0 Å². The van der Waals surface area contributed by atoms with Gasteiger partial charge in [-0.05, 0) is 36.6 Å². The molecule has 27 heavy (non-hydrogen) atoms. The van der Waals surface area contributed by atoms with E-state index in [4.69, 9.17) is 0 Å². The second-order valence-corrected chi connectivity index (χ2v) is 7.11. The number of benzene rings is 2. The van der Waals surface area contributed by atoms with E-state index in [0.29, 0.717) is 12.1 Å². The van der Waals surface area contributed by atoms with Gasteiger partial charge >= 0.3 is 0 Å². The maximum atomic E-state index is 12.6. The van der Waals surface area contributed by atoms with Gasteiger partial charge in [0, 0.05) is 32.1 Å². The molecule has 1 aliphatic rings. The van der Waals surface area contributed by atoms with Gasteiger partial charge in [-0.3, -0.25) is 19.3 Å². The smallest absolute Gasteiger partial charge is 0.260 e. The van der Waals surface area contributed by atoms with Gasteiger partial charge in [0.15, 0.2) is 0 Å². The molecule has 0 aliphatic carbocycles. The van der Waals surface area contributed by atoms with E-state index < -0.39 is 0 Å². The Morgan fingerprint density at radius 3 is 2.59 bits per heavy atom. The lowest BCUT2D eigenvalue weighted by atomic mass is 9.98. The van der Waals surface area contributed by atoms with Crippen LogP contribution in [-0.2, 0) is 22.6 Å². The zero-order valence-electron chi connectivity index (χ0n) is 16.0. The van der Waals surface area contributed by atoms with Crippen molar-refractivity contribution >= 4 is 17.7 Å². The number of rotatable bonds is 5. The van der Waals surface area contributed by atoms with Crippen LogP contribution in [0.5, 0.6) is 0 Å². The Kier molecular flexibility index (Phi) is 5.40. The Hall–Kier alpha value is -2.95. The standard InChI is InChI=1S/C22H24N2O3/c1-15-8-9-18(16(2)12-15)14-23(3)20(25)10-11-24-21(26)13-17-6-4-5-7-19(17)22(24)27/h4-9,12H,10-11,13-14H2,1-3H3. The fraction of sp³-hybridized carbons (Fsp3) is 0.318. The minimum absolute atomic E-state index is 0.0885. The third-order valence-corrected chi connectivity index (χ3v) is 5.02. The van der Waals surface area contributed by atoms with Crippen molar-refractivity contribution < 1.29 is 14.4 Å². The molecule has 1 aliphatic heterocycles. The Bertz CT molecular complexity index is 904. The number of amides is 3. The van der Waals surface area contributed by atoms with Gasteiger partial charge in [-0.15, -0.1) is 0 Å². The molecule has 0 atom stereocenters. The number of nitrogens with zero attached hydrogens (tertiary/aromatic N) is 2. The number of aryl methyl sites for hydroxylation is 2. The van der Waals surface area contributed by atoms with Crippen LogP contribution in [0.25, 0.3) is 0 Å². The van der Waals surface area contributed by atoms with Crippen LogP contribution >= 0.6 is 0 Å². The molecule has 0 aromatic heterocycles. The van der Waals surface area contributed by atoms with Crippen molar-refractivity contribution in [1.82, 2.24) is 9.80 Å². The molecule has 0 saturated heterocycles. The summed E-state index contributed by atoms with van der Waals surface area (Å²) in [6.07, 6.45) is 0.329. The summed E-state index contributed by atoms with van der Waals surface area (Å²) in [6, 6.07) is 13.3. The van der Waals surface area contributed by atoms with Crippen molar-refractivity contribution in [2.45, 2.75) is 33.2 Å². The molecule has 0 N–H and O–H groups in total. The third kappa shape index (κ3) is 4.08. The molecule has 0 radical (unpaired) electrons. The number of imide groups is 1. The number of carbonyl (C=O) groups is 3. The molecule has 140 valence electrons. The summed E-state index contributed by atoms with van der Waals surface area (Å²) in [6.45, 7) is 4.69. The number of hydrogen-bond donors (Lipinski definition) is 0. The van der Waals surface area contributed by atoms with Gasteiger partial charge < -0.3 is 4.90 Å². The normalized spacial score (nSPS) is 13.5. The molecule has 3 amide bonds. The Morgan fingerprint density at radius 2 is 1.85 bits per heavy atom. The van der Waals surface area contributed by atoms with Crippen LogP contribution in [-0.4, -0.2) is 41.1 Å². The highest BCUT2D eigenvalue weighted by molar-refractivity contribution is 6.09. The first-order chi connectivity index (χ1) is 12.9. The largest absolute Gasteiger partial charge is 0.341 e. The van der Waals surface area contributed by atoms with Crippen molar-refractivity contribution in [3.8, 4) is 0 Å². The fourth-order valence-corrected chi connectivity index (χ4v) is 3.39. The maximum Gasteiger partial charge on any atom is 0.260 e. The fourth-order valence-electron chi connectivity index (χ4n) is 3.39. The average molecular weight is 364 g/mol. The summed E-state index contributed by atoms with van der Waals surface area (Å²) in [4.78, 5) is 40.2. The quantitative estimate of drug-likeness (QED) is 0.767. The summed E-state index contributed by atoms with van der Waals surface area (Å²) < 4.78 is 0. The summed E-state index contributed by atoms with van der Waals surface area (Å²) in [5.41, 5.74) is 4.73. The van der Waals surface area contributed by atoms with Crippen LogP contribution in [0.1, 0.15) is 39.0 Å². The summed E-state index contributed by atoms with van der Waals surface area (Å²) in [5, 5.41) is 0. The first kappa shape index (κ1) is 18.8. The van der Waals surface area contributed by atoms with Crippen LogP contribution in [0.15, 0.2) is 42.5 Å². The highest BCUT2D eigenvalue weighted by Gasteiger charge is 2.30. The van der Waals surface area contributed by atoms with Crippen LogP contribution in [0.4, 0.5) is 0 Å². The van der Waals surface area contributed by atoms with Crippen molar-refractivity contribution in [2.24, 2.45) is 0 Å². The molecule has 1 heterocycles. The molecule has 0 unspecified atom stereocenters. The van der Waals surface area contributed by atoms with E-state index in [0.717, 1.165) is 16.7 Å². The number of hydrogen-bond acceptors (Lipinski definition) is 3. The van der Waals surface area contributed by atoms with E-state index in [2.05, 4.69) is 6.07 Å². The highest BCUT2D eigenvalue weighted by Crippen LogP contribution is 2.20. The lowest BCUT2D eigenvalue weighted by molar-refractivity contribution is -0.132. The molecule has 0 saturated carbocycles. The van der Waals surface area contributed by atoms with E-state index in [-0.39, 0.29) is 37.1 Å². The van der Waals surface area contributed by atoms with Gasteiger partial charge in [0.2, 0.25) is 11.8 Å². The molecule has 2 aromatic rings. The zero-order chi connectivity index (χ0) is 19.6. The molecular formula is C22H24N2O3. The number of fused-ring (bicyclic) bond motifs is 1. The lowest BCUT2D eigenvalue weighted by Crippen LogP contribution is -2.44. The van der Waals surface area contributed by atoms with Gasteiger partial charge in [0.05, 0.1) is 6.42 Å². The number of carbonyl (C=O) groups excluding carboxylic acids is 3. The molecule has 3 rings (SSSR count). The van der Waals surface area contributed by atoms with Crippen LogP contribution in [0, 0.1) is 13.8 Å². The van der Waals surface area contributed by atoms with Gasteiger partial charge in [-0.2, -0.15) is 0 Å². The van der Waals surface area contributed by atoms with E-state index in [1.54, 1.807) is 30.1 Å². The molecule has 0 bridgehead atoms. The summed E-state index contributed by atoms with van der Waals surface area (Å²) >= 11 is 0. The highest BCUT2D eigenvalue weighted by atomic mass is 16.2. The van der Waals surface area contributed by atoms with Crippen molar-refractivity contribution in [2.75, 3.05) is 13.6 Å². The second-order valence-electron chi connectivity index (χ2n) is 7.11. The lowest BCUT2D eigenvalue weighted by Gasteiger charge is -2.27. The average Bonchev–Trinajstić information content (AvgIpc) is 2.63. The first-order valence-electron chi connectivity index (χ1n) is 9.09. The zero-order valence-corrected chi connectivity index (χ0v) is 16.0. The van der Waals surface area contributed by atoms with Gasteiger partial charge in [0.1, 0.15) is 0 Å². The van der Waals surface area contributed by atoms with Crippen LogP contribution < -0.4 is 0 Å². The van der Waals surface area contributed by atoms with E-state index in [9.17, 15) is 14.4 Å². The monoisotopic (exact) mass is 364 g/mol. The predicted molar refractivity (Wildman–Crippen MR) is 103 cm³/mol. The minimum Gasteiger partial charge on any atom is -0.341 e. The SMILES string of the molecule is Cc1ccc(CN(C)C(=O)CCN2C(=O)Cc3ccccc3C2=O)c(C)c1. The van der Waals surface area contributed by atoms with E-state index in [1.807, 2.05) is 32.0 Å². The minimum atomic E-state index is -0.313. The summed E-state index contributed by atoms with van der Waals surface area (Å²) in [7, 11) is 1.75. The molecule has 5 heteroatoms. The molecule has 5 nitrogen and oxygen atoms in total. The Labute approximate surface area is 159 Å². The molecule has 0 spiro atoms. The topological polar surface area (TPSA) is 57.7 Å². The van der Waals surface area contributed by atoms with Gasteiger partial charge in [-0.25, -0.2) is 0 Å². The van der Waals surface area contributed by atoms with Crippen molar-refractivity contribution in [1.29, 1.82) is 0 Å². The van der Waals surface area contributed by atoms with Crippen molar-refractivity contribution in [3.05, 3.63) is 70.3 Å². The van der Waals surface area contributed by atoms with Crippen molar-refractivity contribution in [3.63, 3.8) is 0 Å². The molecule has 2 aromatic carbocycles. The first-order valence-corrected chi connectivity index (χ1v) is 9.09. The molecule has 0 fully saturated rings. The summed E-state index contributed by atoms with van der Waals surface area (Å²) in [5.74, 6) is -0.648. The van der Waals surface area contributed by atoms with Gasteiger partial charge in [0.25, 0.3) is 5.91 Å². The Balaban J connectivity index is 1.61. The Morgan fingerprint density at radius 1 is 1.11 bits per heavy atom. The van der Waals surface area contributed by atoms with Gasteiger partial charge in [-0.1, -0.05) is 42.0 Å².